The van der Waals surface area contributed by atoms with Gasteiger partial charge in [-0.1, -0.05) is 6.92 Å². The number of hydrogen-bond acceptors (Lipinski definition) is 6. The zero-order valence-corrected chi connectivity index (χ0v) is 16.1. The molecule has 1 aliphatic carbocycles. The maximum Gasteiger partial charge on any atom is 0.341 e. The summed E-state index contributed by atoms with van der Waals surface area (Å²) in [4.78, 5) is 30.4. The second kappa shape index (κ2) is 7.85. The van der Waals surface area contributed by atoms with E-state index < -0.39 is 0 Å². The van der Waals surface area contributed by atoms with Crippen LogP contribution in [0.5, 0.6) is 0 Å². The molecule has 1 atom stereocenters. The fourth-order valence-electron chi connectivity index (χ4n) is 3.53. The van der Waals surface area contributed by atoms with Gasteiger partial charge in [0.15, 0.2) is 0 Å². The van der Waals surface area contributed by atoms with Crippen LogP contribution in [0.2, 0.25) is 0 Å². The smallest absolute Gasteiger partial charge is 0.341 e. The second-order valence-electron chi connectivity index (χ2n) is 7.18. The van der Waals surface area contributed by atoms with E-state index in [1.165, 1.54) is 12.0 Å². The number of methoxy groups -OCH3 is 1. The molecule has 0 bridgehead atoms. The van der Waals surface area contributed by atoms with Crippen molar-refractivity contribution in [3.05, 3.63) is 16.0 Å². The van der Waals surface area contributed by atoms with Crippen molar-refractivity contribution in [2.75, 3.05) is 52.2 Å². The Morgan fingerprint density at radius 2 is 2.00 bits per heavy atom. The lowest BCUT2D eigenvalue weighted by molar-refractivity contribution is -0.117. The first-order valence-corrected chi connectivity index (χ1v) is 9.73. The average Bonchev–Trinajstić information content (AvgIpc) is 2.92. The summed E-state index contributed by atoms with van der Waals surface area (Å²) in [5, 5.41) is 3.64. The minimum Gasteiger partial charge on any atom is -0.465 e. The van der Waals surface area contributed by atoms with Gasteiger partial charge in [0.25, 0.3) is 0 Å². The Labute approximate surface area is 153 Å². The number of nitrogens with zero attached hydrogens (tertiary/aromatic N) is 2. The highest BCUT2D eigenvalue weighted by Crippen LogP contribution is 2.40. The number of likely N-dealkylation sites (N-methyl/N-ethyl adjacent to an activating group) is 1. The van der Waals surface area contributed by atoms with E-state index in [0.717, 1.165) is 51.0 Å². The summed E-state index contributed by atoms with van der Waals surface area (Å²) in [6, 6.07) is 0. The van der Waals surface area contributed by atoms with E-state index in [9.17, 15) is 9.59 Å². The molecule has 1 aromatic heterocycles. The predicted molar refractivity (Wildman–Crippen MR) is 99.4 cm³/mol. The molecule has 1 unspecified atom stereocenters. The lowest BCUT2D eigenvalue weighted by Crippen LogP contribution is -2.47. The van der Waals surface area contributed by atoms with Gasteiger partial charge in [0.1, 0.15) is 5.00 Å². The third-order valence-electron chi connectivity index (χ3n) is 5.12. The summed E-state index contributed by atoms with van der Waals surface area (Å²) in [6.45, 7) is 6.34. The molecule has 2 aliphatic rings. The van der Waals surface area contributed by atoms with Crippen molar-refractivity contribution < 1.29 is 14.3 Å². The number of thiophene rings is 1. The molecule has 1 fully saturated rings. The van der Waals surface area contributed by atoms with Gasteiger partial charge in [0.05, 0.1) is 19.2 Å². The molecule has 3 rings (SSSR count). The van der Waals surface area contributed by atoms with Crippen LogP contribution in [0, 0.1) is 5.92 Å². The zero-order chi connectivity index (χ0) is 18.0. The summed E-state index contributed by atoms with van der Waals surface area (Å²) in [5.74, 6) is 0.217. The van der Waals surface area contributed by atoms with Crippen LogP contribution in [0.1, 0.15) is 34.1 Å². The van der Waals surface area contributed by atoms with Gasteiger partial charge >= 0.3 is 5.97 Å². The monoisotopic (exact) mass is 365 g/mol. The number of fused-ring (bicyclic) bond motifs is 1. The van der Waals surface area contributed by atoms with Gasteiger partial charge in [-0.05, 0) is 37.8 Å². The third-order valence-corrected chi connectivity index (χ3v) is 6.29. The Kier molecular flexibility index (Phi) is 5.76. The van der Waals surface area contributed by atoms with Gasteiger partial charge in [-0.25, -0.2) is 4.79 Å². The van der Waals surface area contributed by atoms with Crippen molar-refractivity contribution in [3.8, 4) is 0 Å². The van der Waals surface area contributed by atoms with E-state index in [1.807, 2.05) is 0 Å². The van der Waals surface area contributed by atoms with Crippen molar-refractivity contribution >= 4 is 28.2 Å². The highest BCUT2D eigenvalue weighted by molar-refractivity contribution is 7.17. The topological polar surface area (TPSA) is 61.9 Å². The Hall–Kier alpha value is -1.44. The van der Waals surface area contributed by atoms with Crippen molar-refractivity contribution in [2.24, 2.45) is 5.92 Å². The molecule has 0 spiro atoms. The van der Waals surface area contributed by atoms with Crippen LogP contribution in [0.25, 0.3) is 0 Å². The maximum atomic E-state index is 12.5. The molecule has 0 radical (unpaired) electrons. The SMILES string of the molecule is COC(=O)c1c(NC(=O)CN2CCN(C)CC2)sc2c1CCC(C)C2. The minimum absolute atomic E-state index is 0.0543. The van der Waals surface area contributed by atoms with Crippen LogP contribution in [0.15, 0.2) is 0 Å². The first kappa shape index (κ1) is 18.4. The first-order valence-electron chi connectivity index (χ1n) is 8.91. The molecule has 138 valence electrons. The molecule has 1 N–H and O–H groups in total. The number of rotatable bonds is 4. The van der Waals surface area contributed by atoms with Crippen LogP contribution in [0.3, 0.4) is 0 Å². The average molecular weight is 365 g/mol. The molecular formula is C18H27N3O3S. The second-order valence-corrected chi connectivity index (χ2v) is 8.28. The Bertz CT molecular complexity index is 650. The fourth-order valence-corrected chi connectivity index (χ4v) is 4.95. The van der Waals surface area contributed by atoms with Crippen molar-refractivity contribution in [2.45, 2.75) is 26.2 Å². The van der Waals surface area contributed by atoms with Crippen LogP contribution in [0.4, 0.5) is 5.00 Å². The molecule has 1 aliphatic heterocycles. The maximum absolute atomic E-state index is 12.5. The molecule has 1 aromatic rings. The summed E-state index contributed by atoms with van der Waals surface area (Å²) >= 11 is 1.54. The van der Waals surface area contributed by atoms with Gasteiger partial charge in [0.2, 0.25) is 5.91 Å². The van der Waals surface area contributed by atoms with Gasteiger partial charge in [-0.2, -0.15) is 0 Å². The standard InChI is InChI=1S/C18H27N3O3S/c1-12-4-5-13-14(10-12)25-17(16(13)18(23)24-3)19-15(22)11-21-8-6-20(2)7-9-21/h12H,4-11H2,1-3H3,(H,19,22). The molecule has 1 saturated heterocycles. The molecule has 7 heteroatoms. The zero-order valence-electron chi connectivity index (χ0n) is 15.3. The number of piperazine rings is 1. The summed E-state index contributed by atoms with van der Waals surface area (Å²) in [7, 11) is 3.49. The Morgan fingerprint density at radius 3 is 2.68 bits per heavy atom. The van der Waals surface area contributed by atoms with Gasteiger partial charge in [-0.15, -0.1) is 11.3 Å². The fraction of sp³-hybridized carbons (Fsp3) is 0.667. The lowest BCUT2D eigenvalue weighted by Gasteiger charge is -2.31. The third kappa shape index (κ3) is 4.22. The summed E-state index contributed by atoms with van der Waals surface area (Å²) in [5.41, 5.74) is 1.64. The van der Waals surface area contributed by atoms with E-state index in [0.29, 0.717) is 23.0 Å². The number of carbonyl (C=O) groups excluding carboxylic acids is 2. The number of carbonyl (C=O) groups is 2. The molecule has 0 saturated carbocycles. The van der Waals surface area contributed by atoms with Crippen LogP contribution in [-0.2, 0) is 22.4 Å². The number of amides is 1. The molecule has 1 amide bonds. The predicted octanol–water partition coefficient (Wildman–Crippen LogP) is 1.85. The molecule has 0 aromatic carbocycles. The molecule has 25 heavy (non-hydrogen) atoms. The highest BCUT2D eigenvalue weighted by Gasteiger charge is 2.29. The van der Waals surface area contributed by atoms with E-state index in [4.69, 9.17) is 4.74 Å². The Morgan fingerprint density at radius 1 is 1.28 bits per heavy atom. The molecule has 6 nitrogen and oxygen atoms in total. The van der Waals surface area contributed by atoms with Gasteiger partial charge in [0, 0.05) is 31.1 Å². The first-order chi connectivity index (χ1) is 12.0. The van der Waals surface area contributed by atoms with Crippen LogP contribution in [-0.4, -0.2) is 68.6 Å². The minimum atomic E-state index is -0.345. The van der Waals surface area contributed by atoms with E-state index in [2.05, 4.69) is 29.1 Å². The van der Waals surface area contributed by atoms with Crippen molar-refractivity contribution in [1.82, 2.24) is 9.80 Å². The number of ether oxygens (including phenoxy) is 1. The van der Waals surface area contributed by atoms with Crippen molar-refractivity contribution in [3.63, 3.8) is 0 Å². The van der Waals surface area contributed by atoms with Crippen LogP contribution >= 0.6 is 11.3 Å². The van der Waals surface area contributed by atoms with Crippen LogP contribution < -0.4 is 5.32 Å². The van der Waals surface area contributed by atoms with E-state index in [-0.39, 0.29) is 11.9 Å². The van der Waals surface area contributed by atoms with Crippen molar-refractivity contribution in [1.29, 1.82) is 0 Å². The number of hydrogen-bond donors (Lipinski definition) is 1. The van der Waals surface area contributed by atoms with E-state index in [1.54, 1.807) is 11.3 Å². The Balaban J connectivity index is 1.73. The largest absolute Gasteiger partial charge is 0.465 e. The van der Waals surface area contributed by atoms with E-state index >= 15 is 0 Å². The highest BCUT2D eigenvalue weighted by atomic mass is 32.1. The molecule has 2 heterocycles. The normalized spacial score (nSPS) is 21.6. The summed E-state index contributed by atoms with van der Waals surface area (Å²) < 4.78 is 4.97. The molecular weight excluding hydrogens is 338 g/mol. The quantitative estimate of drug-likeness (QED) is 0.825. The number of anilines is 1. The number of esters is 1. The lowest BCUT2D eigenvalue weighted by atomic mass is 9.88. The summed E-state index contributed by atoms with van der Waals surface area (Å²) in [6.07, 6.45) is 2.92. The number of nitrogens with one attached hydrogen (secondary N) is 1. The van der Waals surface area contributed by atoms with Gasteiger partial charge < -0.3 is 15.0 Å². The van der Waals surface area contributed by atoms with Gasteiger partial charge in [-0.3, -0.25) is 9.69 Å².